The van der Waals surface area contributed by atoms with Gasteiger partial charge in [-0.25, -0.2) is 0 Å². The standard InChI is InChI=1S/C10H18ClNO/c1-7(8-4-5-8)12-9(13)10(2,3)6-11/h7-8H,4-6H2,1-3H3,(H,12,13). The fourth-order valence-corrected chi connectivity index (χ4v) is 1.30. The number of alkyl halides is 1. The third-order valence-electron chi connectivity index (χ3n) is 2.64. The first-order valence-electron chi connectivity index (χ1n) is 4.84. The number of carbonyl (C=O) groups excluding carboxylic acids is 1. The first-order chi connectivity index (χ1) is 5.97. The van der Waals surface area contributed by atoms with Crippen molar-refractivity contribution in [3.05, 3.63) is 0 Å². The van der Waals surface area contributed by atoms with Gasteiger partial charge in [0.25, 0.3) is 0 Å². The van der Waals surface area contributed by atoms with E-state index in [0.717, 1.165) is 0 Å². The molecule has 1 N–H and O–H groups in total. The summed E-state index contributed by atoms with van der Waals surface area (Å²) in [5.41, 5.74) is -0.440. The molecule has 0 saturated heterocycles. The lowest BCUT2D eigenvalue weighted by molar-refractivity contribution is -0.129. The highest BCUT2D eigenvalue weighted by Gasteiger charge is 2.33. The zero-order valence-electron chi connectivity index (χ0n) is 8.56. The number of halogens is 1. The molecule has 1 atom stereocenters. The normalized spacial score (nSPS) is 19.7. The molecule has 0 radical (unpaired) electrons. The molecule has 13 heavy (non-hydrogen) atoms. The van der Waals surface area contributed by atoms with Crippen LogP contribution in [-0.4, -0.2) is 17.8 Å². The van der Waals surface area contributed by atoms with Crippen molar-refractivity contribution < 1.29 is 4.79 Å². The van der Waals surface area contributed by atoms with E-state index >= 15 is 0 Å². The maximum absolute atomic E-state index is 11.6. The summed E-state index contributed by atoms with van der Waals surface area (Å²) in [5.74, 6) is 1.15. The minimum atomic E-state index is -0.440. The molecule has 0 spiro atoms. The van der Waals surface area contributed by atoms with Crippen molar-refractivity contribution in [1.82, 2.24) is 5.32 Å². The summed E-state index contributed by atoms with van der Waals surface area (Å²) in [5, 5.41) is 3.01. The second-order valence-corrected chi connectivity index (χ2v) is 4.88. The third kappa shape index (κ3) is 2.87. The van der Waals surface area contributed by atoms with Crippen LogP contribution in [0.3, 0.4) is 0 Å². The van der Waals surface area contributed by atoms with Gasteiger partial charge in [-0.2, -0.15) is 0 Å². The fraction of sp³-hybridized carbons (Fsp3) is 0.900. The van der Waals surface area contributed by atoms with Gasteiger partial charge in [-0.3, -0.25) is 4.79 Å². The van der Waals surface area contributed by atoms with Gasteiger partial charge in [0.1, 0.15) is 0 Å². The Kier molecular flexibility index (Phi) is 3.23. The summed E-state index contributed by atoms with van der Waals surface area (Å²) in [6.45, 7) is 5.81. The first-order valence-corrected chi connectivity index (χ1v) is 5.38. The molecule has 0 aromatic carbocycles. The molecule has 1 rings (SSSR count). The smallest absolute Gasteiger partial charge is 0.227 e. The summed E-state index contributed by atoms with van der Waals surface area (Å²) in [6.07, 6.45) is 2.51. The number of rotatable bonds is 4. The van der Waals surface area contributed by atoms with Crippen molar-refractivity contribution in [3.63, 3.8) is 0 Å². The Hall–Kier alpha value is -0.240. The van der Waals surface area contributed by atoms with Gasteiger partial charge >= 0.3 is 0 Å². The average Bonchev–Trinajstić information content (AvgIpc) is 2.86. The Labute approximate surface area is 85.0 Å². The molecule has 1 aliphatic rings. The molecule has 3 heteroatoms. The van der Waals surface area contributed by atoms with E-state index in [1.807, 2.05) is 13.8 Å². The Morgan fingerprint density at radius 3 is 2.54 bits per heavy atom. The summed E-state index contributed by atoms with van der Waals surface area (Å²) in [6, 6.07) is 0.315. The van der Waals surface area contributed by atoms with Crippen LogP contribution in [0, 0.1) is 11.3 Å². The topological polar surface area (TPSA) is 29.1 Å². The van der Waals surface area contributed by atoms with Crippen LogP contribution < -0.4 is 5.32 Å². The second kappa shape index (κ2) is 3.87. The minimum absolute atomic E-state index is 0.0712. The second-order valence-electron chi connectivity index (χ2n) is 4.62. The largest absolute Gasteiger partial charge is 0.353 e. The maximum Gasteiger partial charge on any atom is 0.227 e. The molecule has 1 fully saturated rings. The van der Waals surface area contributed by atoms with Crippen LogP contribution in [0.15, 0.2) is 0 Å². The number of amides is 1. The highest BCUT2D eigenvalue weighted by Crippen LogP contribution is 2.32. The molecule has 0 aromatic rings. The van der Waals surface area contributed by atoms with E-state index in [4.69, 9.17) is 11.6 Å². The molecule has 1 amide bonds. The first kappa shape index (κ1) is 10.8. The van der Waals surface area contributed by atoms with Crippen LogP contribution in [0.2, 0.25) is 0 Å². The van der Waals surface area contributed by atoms with Crippen molar-refractivity contribution in [1.29, 1.82) is 0 Å². The van der Waals surface area contributed by atoms with E-state index in [-0.39, 0.29) is 5.91 Å². The highest BCUT2D eigenvalue weighted by molar-refractivity contribution is 6.19. The Morgan fingerprint density at radius 1 is 1.62 bits per heavy atom. The quantitative estimate of drug-likeness (QED) is 0.698. The minimum Gasteiger partial charge on any atom is -0.353 e. The number of nitrogens with one attached hydrogen (secondary N) is 1. The molecule has 0 heterocycles. The molecule has 0 aliphatic heterocycles. The van der Waals surface area contributed by atoms with Crippen molar-refractivity contribution in [2.45, 2.75) is 39.7 Å². The predicted octanol–water partition coefficient (Wildman–Crippen LogP) is 2.17. The molecule has 76 valence electrons. The summed E-state index contributed by atoms with van der Waals surface area (Å²) < 4.78 is 0. The van der Waals surface area contributed by atoms with Crippen LogP contribution in [-0.2, 0) is 4.79 Å². The number of hydrogen-bond donors (Lipinski definition) is 1. The maximum atomic E-state index is 11.6. The van der Waals surface area contributed by atoms with E-state index < -0.39 is 5.41 Å². The van der Waals surface area contributed by atoms with E-state index in [1.54, 1.807) is 0 Å². The highest BCUT2D eigenvalue weighted by atomic mass is 35.5. The van der Waals surface area contributed by atoms with Crippen molar-refractivity contribution in [2.75, 3.05) is 5.88 Å². The van der Waals surface area contributed by atoms with Crippen molar-refractivity contribution in [3.8, 4) is 0 Å². The van der Waals surface area contributed by atoms with Crippen LogP contribution in [0.1, 0.15) is 33.6 Å². The molecular formula is C10H18ClNO. The zero-order chi connectivity index (χ0) is 10.1. The van der Waals surface area contributed by atoms with Crippen LogP contribution in [0.5, 0.6) is 0 Å². The van der Waals surface area contributed by atoms with Crippen LogP contribution in [0.4, 0.5) is 0 Å². The number of hydrogen-bond acceptors (Lipinski definition) is 1. The molecule has 1 aliphatic carbocycles. The van der Waals surface area contributed by atoms with Crippen molar-refractivity contribution in [2.24, 2.45) is 11.3 Å². The predicted molar refractivity (Wildman–Crippen MR) is 54.8 cm³/mol. The number of carbonyl (C=O) groups is 1. The van der Waals surface area contributed by atoms with E-state index in [2.05, 4.69) is 12.2 Å². The van der Waals surface area contributed by atoms with E-state index in [0.29, 0.717) is 17.8 Å². The monoisotopic (exact) mass is 203 g/mol. The van der Waals surface area contributed by atoms with Crippen LogP contribution >= 0.6 is 11.6 Å². The molecular weight excluding hydrogens is 186 g/mol. The van der Waals surface area contributed by atoms with Gasteiger partial charge in [0.05, 0.1) is 5.41 Å². The van der Waals surface area contributed by atoms with Gasteiger partial charge in [-0.15, -0.1) is 11.6 Å². The molecule has 0 aromatic heterocycles. The van der Waals surface area contributed by atoms with Gasteiger partial charge < -0.3 is 5.32 Å². The van der Waals surface area contributed by atoms with Gasteiger partial charge in [0.2, 0.25) is 5.91 Å². The SMILES string of the molecule is CC(NC(=O)C(C)(C)CCl)C1CC1. The van der Waals surface area contributed by atoms with Crippen LogP contribution in [0.25, 0.3) is 0 Å². The van der Waals surface area contributed by atoms with Gasteiger partial charge in [-0.05, 0) is 39.5 Å². The lowest BCUT2D eigenvalue weighted by Gasteiger charge is -2.23. The lowest BCUT2D eigenvalue weighted by atomic mass is 9.94. The molecule has 1 saturated carbocycles. The molecule has 1 unspecified atom stereocenters. The van der Waals surface area contributed by atoms with Gasteiger partial charge in [0.15, 0.2) is 0 Å². The average molecular weight is 204 g/mol. The third-order valence-corrected chi connectivity index (χ3v) is 3.30. The van der Waals surface area contributed by atoms with E-state index in [9.17, 15) is 4.79 Å². The van der Waals surface area contributed by atoms with Crippen molar-refractivity contribution >= 4 is 17.5 Å². The Balaban J connectivity index is 2.39. The fourth-order valence-electron chi connectivity index (χ4n) is 1.18. The van der Waals surface area contributed by atoms with Gasteiger partial charge in [0, 0.05) is 11.9 Å². The summed E-state index contributed by atoms with van der Waals surface area (Å²) >= 11 is 5.71. The molecule has 2 nitrogen and oxygen atoms in total. The van der Waals surface area contributed by atoms with Gasteiger partial charge in [-0.1, -0.05) is 0 Å². The Morgan fingerprint density at radius 2 is 2.15 bits per heavy atom. The Bertz CT molecular complexity index is 199. The summed E-state index contributed by atoms with van der Waals surface area (Å²) in [4.78, 5) is 11.6. The summed E-state index contributed by atoms with van der Waals surface area (Å²) in [7, 11) is 0. The zero-order valence-corrected chi connectivity index (χ0v) is 9.32. The van der Waals surface area contributed by atoms with E-state index in [1.165, 1.54) is 12.8 Å². The molecule has 0 bridgehead atoms. The lowest BCUT2D eigenvalue weighted by Crippen LogP contribution is -2.43.